The summed E-state index contributed by atoms with van der Waals surface area (Å²) in [6, 6.07) is 11.1. The van der Waals surface area contributed by atoms with Crippen molar-refractivity contribution in [2.75, 3.05) is 26.3 Å². The number of rotatable bonds is 6. The van der Waals surface area contributed by atoms with E-state index in [0.717, 1.165) is 10.7 Å². The molecular weight excluding hydrogens is 522 g/mol. The molecule has 0 bridgehead atoms. The number of benzene rings is 1. The Hall–Kier alpha value is -2.70. The number of hydrogen-bond donors (Lipinski definition) is 0. The molecule has 0 atom stereocenters. The molecule has 0 unspecified atom stereocenters. The van der Waals surface area contributed by atoms with Crippen LogP contribution in [0.15, 0.2) is 57.6 Å². The first-order valence-corrected chi connectivity index (χ1v) is 13.7. The van der Waals surface area contributed by atoms with Gasteiger partial charge in [0.15, 0.2) is 16.7 Å². The standard InChI is InChI=1S/C24H22ClN5O4S2/c25-16-3-5-17(6-4-16)30-21(19-2-1-11-32-19)27-28-23(30)36-15-20-26-18(14-35-20)22(31)29-9-7-24(8-10-29)33-12-13-34-24/h1-6,11,14H,7-10,12-13,15H2. The number of carbonyl (C=O) groups excluding carboxylic acids is 1. The maximum atomic E-state index is 13.0. The Balaban J connectivity index is 1.16. The summed E-state index contributed by atoms with van der Waals surface area (Å²) in [6.07, 6.45) is 2.97. The first-order chi connectivity index (χ1) is 17.6. The molecule has 2 saturated heterocycles. The summed E-state index contributed by atoms with van der Waals surface area (Å²) < 4.78 is 19.0. The third kappa shape index (κ3) is 4.69. The number of amides is 1. The molecule has 2 aliphatic heterocycles. The lowest BCUT2D eigenvalue weighted by Crippen LogP contribution is -2.47. The van der Waals surface area contributed by atoms with Crippen LogP contribution in [-0.2, 0) is 15.2 Å². The molecule has 0 saturated carbocycles. The predicted octanol–water partition coefficient (Wildman–Crippen LogP) is 4.91. The Bertz CT molecular complexity index is 1340. The van der Waals surface area contributed by atoms with E-state index in [9.17, 15) is 4.79 Å². The zero-order chi connectivity index (χ0) is 24.5. The Labute approximate surface area is 220 Å². The Morgan fingerprint density at radius 3 is 2.61 bits per heavy atom. The smallest absolute Gasteiger partial charge is 0.273 e. The average molecular weight is 544 g/mol. The van der Waals surface area contributed by atoms with Crippen LogP contribution in [0.3, 0.4) is 0 Å². The summed E-state index contributed by atoms with van der Waals surface area (Å²) in [7, 11) is 0. The van der Waals surface area contributed by atoms with E-state index in [2.05, 4.69) is 15.2 Å². The number of aromatic nitrogens is 4. The molecule has 0 radical (unpaired) electrons. The fraction of sp³-hybridized carbons (Fsp3) is 0.333. The van der Waals surface area contributed by atoms with E-state index in [-0.39, 0.29) is 5.91 Å². The summed E-state index contributed by atoms with van der Waals surface area (Å²) in [5.74, 6) is 1.20. The van der Waals surface area contributed by atoms with Crippen LogP contribution >= 0.6 is 34.7 Å². The molecule has 5 heterocycles. The van der Waals surface area contributed by atoms with E-state index < -0.39 is 5.79 Å². The monoisotopic (exact) mass is 543 g/mol. The molecule has 2 aliphatic rings. The molecule has 1 amide bonds. The van der Waals surface area contributed by atoms with Crippen LogP contribution < -0.4 is 0 Å². The number of furan rings is 1. The number of thioether (sulfide) groups is 1. The van der Waals surface area contributed by atoms with Crippen molar-refractivity contribution in [3.05, 3.63) is 63.8 Å². The lowest BCUT2D eigenvalue weighted by molar-refractivity contribution is -0.181. The van der Waals surface area contributed by atoms with Crippen molar-refractivity contribution < 1.29 is 18.7 Å². The average Bonchev–Trinajstić information content (AvgIpc) is 3.71. The molecule has 9 nitrogen and oxygen atoms in total. The Kier molecular flexibility index (Phi) is 6.57. The lowest BCUT2D eigenvalue weighted by Gasteiger charge is -2.37. The van der Waals surface area contributed by atoms with Crippen molar-refractivity contribution in [2.24, 2.45) is 0 Å². The zero-order valence-corrected chi connectivity index (χ0v) is 21.5. The van der Waals surface area contributed by atoms with E-state index >= 15 is 0 Å². The van der Waals surface area contributed by atoms with Gasteiger partial charge in [-0.25, -0.2) is 4.98 Å². The summed E-state index contributed by atoms with van der Waals surface area (Å²) in [5.41, 5.74) is 1.33. The molecule has 6 rings (SSSR count). The number of hydrogen-bond acceptors (Lipinski definition) is 9. The molecule has 1 spiro atoms. The maximum Gasteiger partial charge on any atom is 0.273 e. The van der Waals surface area contributed by atoms with Gasteiger partial charge >= 0.3 is 0 Å². The van der Waals surface area contributed by atoms with Crippen molar-refractivity contribution >= 4 is 40.6 Å². The van der Waals surface area contributed by atoms with E-state index in [4.69, 9.17) is 25.5 Å². The fourth-order valence-electron chi connectivity index (χ4n) is 4.35. The van der Waals surface area contributed by atoms with Crippen LogP contribution in [0.4, 0.5) is 0 Å². The molecule has 0 aliphatic carbocycles. The number of likely N-dealkylation sites (tertiary alicyclic amines) is 1. The third-order valence-corrected chi connectivity index (χ3v) is 8.41. The van der Waals surface area contributed by atoms with Gasteiger partial charge in [-0.2, -0.15) is 0 Å². The molecule has 186 valence electrons. The lowest BCUT2D eigenvalue weighted by atomic mass is 10.0. The Morgan fingerprint density at radius 1 is 1.11 bits per heavy atom. The van der Waals surface area contributed by atoms with Crippen LogP contribution in [-0.4, -0.2) is 62.6 Å². The number of ether oxygens (including phenoxy) is 2. The highest BCUT2D eigenvalue weighted by Crippen LogP contribution is 2.33. The predicted molar refractivity (Wildman–Crippen MR) is 136 cm³/mol. The van der Waals surface area contributed by atoms with E-state index in [1.54, 1.807) is 6.26 Å². The van der Waals surface area contributed by atoms with Gasteiger partial charge in [0.25, 0.3) is 5.91 Å². The summed E-state index contributed by atoms with van der Waals surface area (Å²) in [4.78, 5) is 19.5. The van der Waals surface area contributed by atoms with Crippen LogP contribution in [0, 0.1) is 0 Å². The SMILES string of the molecule is O=C(c1csc(CSc2nnc(-c3ccco3)n2-c2ccc(Cl)cc2)n1)N1CCC2(CC1)OCCO2. The minimum atomic E-state index is -0.505. The van der Waals surface area contributed by atoms with Crippen molar-refractivity contribution in [1.82, 2.24) is 24.6 Å². The van der Waals surface area contributed by atoms with Gasteiger partial charge < -0.3 is 18.8 Å². The van der Waals surface area contributed by atoms with Crippen LogP contribution in [0.5, 0.6) is 0 Å². The molecule has 12 heteroatoms. The van der Waals surface area contributed by atoms with Gasteiger partial charge in [0.2, 0.25) is 5.82 Å². The molecule has 0 N–H and O–H groups in total. The van der Waals surface area contributed by atoms with Gasteiger partial charge in [0, 0.05) is 42.0 Å². The van der Waals surface area contributed by atoms with Crippen molar-refractivity contribution in [3.8, 4) is 17.3 Å². The molecule has 4 aromatic rings. The number of carbonyl (C=O) groups is 1. The Morgan fingerprint density at radius 2 is 1.89 bits per heavy atom. The molecule has 1 aromatic carbocycles. The summed E-state index contributed by atoms with van der Waals surface area (Å²) >= 11 is 9.06. The van der Waals surface area contributed by atoms with Gasteiger partial charge in [-0.1, -0.05) is 23.4 Å². The molecule has 2 fully saturated rings. The topological polar surface area (TPSA) is 95.5 Å². The van der Waals surface area contributed by atoms with Crippen molar-refractivity contribution in [3.63, 3.8) is 0 Å². The van der Waals surface area contributed by atoms with Gasteiger partial charge in [-0.05, 0) is 36.4 Å². The summed E-state index contributed by atoms with van der Waals surface area (Å²) in [6.45, 7) is 2.44. The third-order valence-electron chi connectivity index (χ3n) is 6.18. The van der Waals surface area contributed by atoms with Crippen LogP contribution in [0.25, 0.3) is 17.3 Å². The van der Waals surface area contributed by atoms with E-state index in [1.807, 2.05) is 51.2 Å². The van der Waals surface area contributed by atoms with E-state index in [0.29, 0.717) is 72.4 Å². The molecular formula is C24H22ClN5O4S2. The minimum Gasteiger partial charge on any atom is -0.461 e. The first-order valence-electron chi connectivity index (χ1n) is 11.5. The van der Waals surface area contributed by atoms with Gasteiger partial charge in [0.1, 0.15) is 10.7 Å². The van der Waals surface area contributed by atoms with Gasteiger partial charge in [0.05, 0.1) is 25.2 Å². The zero-order valence-electron chi connectivity index (χ0n) is 19.1. The van der Waals surface area contributed by atoms with E-state index in [1.165, 1.54) is 23.1 Å². The normalized spacial score (nSPS) is 17.2. The summed E-state index contributed by atoms with van der Waals surface area (Å²) in [5, 5.41) is 12.7. The highest BCUT2D eigenvalue weighted by Gasteiger charge is 2.41. The number of thiazole rings is 1. The fourth-order valence-corrected chi connectivity index (χ4v) is 6.22. The quantitative estimate of drug-likeness (QED) is 0.317. The second-order valence-electron chi connectivity index (χ2n) is 8.41. The largest absolute Gasteiger partial charge is 0.461 e. The van der Waals surface area contributed by atoms with Gasteiger partial charge in [-0.3, -0.25) is 9.36 Å². The highest BCUT2D eigenvalue weighted by molar-refractivity contribution is 7.98. The van der Waals surface area contributed by atoms with Crippen LogP contribution in [0.1, 0.15) is 28.3 Å². The molecule has 3 aromatic heterocycles. The van der Waals surface area contributed by atoms with Crippen molar-refractivity contribution in [2.45, 2.75) is 29.5 Å². The highest BCUT2D eigenvalue weighted by atomic mass is 35.5. The molecule has 36 heavy (non-hydrogen) atoms. The second-order valence-corrected chi connectivity index (χ2v) is 10.7. The second kappa shape index (κ2) is 9.98. The maximum absolute atomic E-state index is 13.0. The van der Waals surface area contributed by atoms with Crippen LogP contribution in [0.2, 0.25) is 5.02 Å². The first kappa shape index (κ1) is 23.7. The van der Waals surface area contributed by atoms with Crippen molar-refractivity contribution in [1.29, 1.82) is 0 Å². The number of halogens is 1. The number of nitrogens with zero attached hydrogens (tertiary/aromatic N) is 5. The van der Waals surface area contributed by atoms with Gasteiger partial charge in [-0.15, -0.1) is 21.5 Å². The number of piperidine rings is 1. The minimum absolute atomic E-state index is 0.0558.